The van der Waals surface area contributed by atoms with Crippen molar-refractivity contribution >= 4 is 23.2 Å². The lowest BCUT2D eigenvalue weighted by Crippen LogP contribution is -2.45. The van der Waals surface area contributed by atoms with Gasteiger partial charge in [0.15, 0.2) is 5.82 Å². The molecule has 3 rings (SSSR count). The average Bonchev–Trinajstić information content (AvgIpc) is 3.06. The minimum Gasteiger partial charge on any atom is -0.372 e. The van der Waals surface area contributed by atoms with Crippen LogP contribution in [0.2, 0.25) is 0 Å². The number of hydrogen-bond acceptors (Lipinski definition) is 5. The number of nitrogens with one attached hydrogen (secondary N) is 2. The van der Waals surface area contributed by atoms with Crippen LogP contribution < -0.4 is 15.5 Å². The maximum atomic E-state index is 12.4. The fourth-order valence-corrected chi connectivity index (χ4v) is 3.22. The number of para-hydroxylation sites is 2. The summed E-state index contributed by atoms with van der Waals surface area (Å²) in [6, 6.07) is 11.1. The zero-order valence-corrected chi connectivity index (χ0v) is 15.6. The summed E-state index contributed by atoms with van der Waals surface area (Å²) in [6.45, 7) is 6.14. The third-order valence-corrected chi connectivity index (χ3v) is 4.25. The summed E-state index contributed by atoms with van der Waals surface area (Å²) >= 11 is 0. The van der Waals surface area contributed by atoms with Crippen molar-refractivity contribution in [2.24, 2.45) is 0 Å². The first kappa shape index (κ1) is 18.7. The highest BCUT2D eigenvalue weighted by atomic mass is 16.5. The highest BCUT2D eigenvalue weighted by molar-refractivity contribution is 6.01. The van der Waals surface area contributed by atoms with Gasteiger partial charge in [0.05, 0.1) is 42.6 Å². The molecule has 142 valence electrons. The van der Waals surface area contributed by atoms with Crippen molar-refractivity contribution in [3.8, 4) is 6.07 Å². The molecule has 27 heavy (non-hydrogen) atoms. The SMILES string of the molecule is C[C@H]1CN(c2ccccc2NC(=O)Nc2ccn(CCC#N)n2)C[C@H](C)O1. The van der Waals surface area contributed by atoms with Gasteiger partial charge in [-0.2, -0.15) is 10.4 Å². The number of anilines is 3. The summed E-state index contributed by atoms with van der Waals surface area (Å²) < 4.78 is 7.42. The van der Waals surface area contributed by atoms with Crippen molar-refractivity contribution in [3.05, 3.63) is 36.5 Å². The van der Waals surface area contributed by atoms with Crippen LogP contribution in [0.4, 0.5) is 22.0 Å². The van der Waals surface area contributed by atoms with Crippen LogP contribution >= 0.6 is 0 Å². The van der Waals surface area contributed by atoms with Crippen LogP contribution in [-0.4, -0.2) is 41.1 Å². The van der Waals surface area contributed by atoms with E-state index in [1.54, 1.807) is 16.9 Å². The molecule has 2 N–H and O–H groups in total. The van der Waals surface area contributed by atoms with Gasteiger partial charge in [0, 0.05) is 25.4 Å². The van der Waals surface area contributed by atoms with Crippen LogP contribution in [0, 0.1) is 11.3 Å². The highest BCUT2D eigenvalue weighted by Crippen LogP contribution is 2.28. The second-order valence-electron chi connectivity index (χ2n) is 6.63. The number of benzene rings is 1. The molecule has 0 bridgehead atoms. The van der Waals surface area contributed by atoms with Crippen LogP contribution in [0.5, 0.6) is 0 Å². The Morgan fingerprint density at radius 3 is 2.74 bits per heavy atom. The molecule has 2 atom stereocenters. The third kappa shape index (κ3) is 4.99. The molecular weight excluding hydrogens is 344 g/mol. The van der Waals surface area contributed by atoms with Gasteiger partial charge in [-0.15, -0.1) is 0 Å². The summed E-state index contributed by atoms with van der Waals surface area (Å²) in [5, 5.41) is 18.5. The van der Waals surface area contributed by atoms with Gasteiger partial charge in [0.2, 0.25) is 0 Å². The van der Waals surface area contributed by atoms with E-state index in [4.69, 9.17) is 10.00 Å². The van der Waals surface area contributed by atoms with Crippen molar-refractivity contribution in [1.29, 1.82) is 5.26 Å². The number of ether oxygens (including phenoxy) is 1. The topological polar surface area (TPSA) is 95.2 Å². The monoisotopic (exact) mass is 368 g/mol. The third-order valence-electron chi connectivity index (χ3n) is 4.25. The average molecular weight is 368 g/mol. The van der Waals surface area contributed by atoms with Crippen LogP contribution in [0.25, 0.3) is 0 Å². The van der Waals surface area contributed by atoms with Gasteiger partial charge in [-0.3, -0.25) is 10.00 Å². The van der Waals surface area contributed by atoms with E-state index in [9.17, 15) is 4.79 Å². The van der Waals surface area contributed by atoms with E-state index in [1.165, 1.54) is 0 Å². The predicted molar refractivity (Wildman–Crippen MR) is 104 cm³/mol. The Morgan fingerprint density at radius 1 is 1.26 bits per heavy atom. The number of urea groups is 1. The van der Waals surface area contributed by atoms with Gasteiger partial charge < -0.3 is 15.0 Å². The van der Waals surface area contributed by atoms with E-state index < -0.39 is 0 Å². The molecule has 1 fully saturated rings. The molecule has 1 aromatic carbocycles. The first-order valence-electron chi connectivity index (χ1n) is 9.03. The molecule has 0 spiro atoms. The molecule has 2 amide bonds. The molecule has 1 aliphatic rings. The molecule has 2 aromatic rings. The maximum Gasteiger partial charge on any atom is 0.324 e. The Kier molecular flexibility index (Phi) is 5.94. The van der Waals surface area contributed by atoms with Crippen LogP contribution in [-0.2, 0) is 11.3 Å². The number of rotatable bonds is 5. The number of morpholine rings is 1. The minimum atomic E-state index is -0.359. The molecule has 0 radical (unpaired) electrons. The van der Waals surface area contributed by atoms with E-state index in [0.29, 0.717) is 18.8 Å². The Labute approximate surface area is 158 Å². The van der Waals surface area contributed by atoms with Crippen molar-refractivity contribution in [3.63, 3.8) is 0 Å². The van der Waals surface area contributed by atoms with Crippen LogP contribution in [0.1, 0.15) is 20.3 Å². The van der Waals surface area contributed by atoms with Crippen molar-refractivity contribution < 1.29 is 9.53 Å². The molecule has 0 saturated carbocycles. The van der Waals surface area contributed by atoms with Crippen molar-refractivity contribution in [1.82, 2.24) is 9.78 Å². The molecule has 8 nitrogen and oxygen atoms in total. The smallest absolute Gasteiger partial charge is 0.324 e. The van der Waals surface area contributed by atoms with E-state index in [-0.39, 0.29) is 18.2 Å². The fourth-order valence-electron chi connectivity index (χ4n) is 3.22. The molecule has 0 unspecified atom stereocenters. The van der Waals surface area contributed by atoms with Gasteiger partial charge in [0.1, 0.15) is 0 Å². The van der Waals surface area contributed by atoms with E-state index in [0.717, 1.165) is 24.5 Å². The molecule has 1 aromatic heterocycles. The Hall–Kier alpha value is -3.05. The molecule has 8 heteroatoms. The lowest BCUT2D eigenvalue weighted by Gasteiger charge is -2.37. The maximum absolute atomic E-state index is 12.4. The fraction of sp³-hybridized carbons (Fsp3) is 0.421. The minimum absolute atomic E-state index is 0.132. The number of aromatic nitrogens is 2. The second kappa shape index (κ2) is 8.56. The molecule has 1 saturated heterocycles. The quantitative estimate of drug-likeness (QED) is 0.846. The van der Waals surface area contributed by atoms with Gasteiger partial charge in [-0.05, 0) is 26.0 Å². The van der Waals surface area contributed by atoms with E-state index >= 15 is 0 Å². The Morgan fingerprint density at radius 2 is 2.00 bits per heavy atom. The van der Waals surface area contributed by atoms with Crippen molar-refractivity contribution in [2.45, 2.75) is 39.0 Å². The predicted octanol–water partition coefficient (Wildman–Crippen LogP) is 3.05. The molecule has 0 aliphatic carbocycles. The first-order chi connectivity index (χ1) is 13.0. The number of aryl methyl sites for hydroxylation is 1. The largest absolute Gasteiger partial charge is 0.372 e. The second-order valence-corrected chi connectivity index (χ2v) is 6.63. The lowest BCUT2D eigenvalue weighted by molar-refractivity contribution is -0.00517. The Bertz CT molecular complexity index is 818. The Balaban J connectivity index is 1.66. The van der Waals surface area contributed by atoms with Crippen LogP contribution in [0.15, 0.2) is 36.5 Å². The summed E-state index contributed by atoms with van der Waals surface area (Å²) in [6.07, 6.45) is 2.37. The number of carbonyl (C=O) groups excluding carboxylic acids is 1. The van der Waals surface area contributed by atoms with Gasteiger partial charge in [-0.1, -0.05) is 12.1 Å². The number of amides is 2. The molecular formula is C19H24N6O2. The van der Waals surface area contributed by atoms with Crippen LogP contribution in [0.3, 0.4) is 0 Å². The lowest BCUT2D eigenvalue weighted by atomic mass is 10.1. The zero-order chi connectivity index (χ0) is 19.2. The van der Waals surface area contributed by atoms with Gasteiger partial charge in [0.25, 0.3) is 0 Å². The number of carbonyl (C=O) groups is 1. The summed E-state index contributed by atoms with van der Waals surface area (Å²) in [4.78, 5) is 14.6. The number of hydrogen-bond donors (Lipinski definition) is 2. The summed E-state index contributed by atoms with van der Waals surface area (Å²) in [7, 11) is 0. The van der Waals surface area contributed by atoms with Crippen molar-refractivity contribution in [2.75, 3.05) is 28.6 Å². The molecule has 1 aliphatic heterocycles. The van der Waals surface area contributed by atoms with Gasteiger partial charge in [-0.25, -0.2) is 4.79 Å². The first-order valence-corrected chi connectivity index (χ1v) is 9.03. The molecule has 2 heterocycles. The van der Waals surface area contributed by atoms with E-state index in [2.05, 4.69) is 26.7 Å². The highest BCUT2D eigenvalue weighted by Gasteiger charge is 2.24. The summed E-state index contributed by atoms with van der Waals surface area (Å²) in [5.41, 5.74) is 1.70. The zero-order valence-electron chi connectivity index (χ0n) is 15.6. The number of nitriles is 1. The van der Waals surface area contributed by atoms with Gasteiger partial charge >= 0.3 is 6.03 Å². The normalized spacial score (nSPS) is 19.4. The number of nitrogens with zero attached hydrogens (tertiary/aromatic N) is 4. The summed E-state index contributed by atoms with van der Waals surface area (Å²) in [5.74, 6) is 0.441. The standard InChI is InChI=1S/C19H24N6O2/c1-14-12-24(13-15(2)27-14)17-7-4-3-6-16(17)21-19(26)22-18-8-11-25(23-18)10-5-9-20/h3-4,6-8,11,14-15H,5,10,12-13H2,1-2H3,(H2,21,22,23,26)/t14-,15-/m0/s1. The van der Waals surface area contributed by atoms with E-state index in [1.807, 2.05) is 38.1 Å².